The third kappa shape index (κ3) is 5.29. The molecular weight excluding hydrogens is 456 g/mol. The summed E-state index contributed by atoms with van der Waals surface area (Å²) in [6.45, 7) is 9.52. The van der Waals surface area contributed by atoms with Crippen LogP contribution in [0.25, 0.3) is 0 Å². The first-order valence-electron chi connectivity index (χ1n) is 13.6. The molecule has 3 aromatic carbocycles. The standard InChI is InChI=1S/C33H38N2O2/c1-5-6-19-37-30-14-10-7-11-25(30)32-31-28(34-26-12-8-9-13-27(26)35-32)20-23(21-29(31)36)22-15-17-24(18-16-22)33(2,3)4/h7-18,23,32,34-35H,5-6,19-21H2,1-4H3. The van der Waals surface area contributed by atoms with E-state index >= 15 is 0 Å². The van der Waals surface area contributed by atoms with Crippen molar-refractivity contribution in [3.05, 3.63) is 101 Å². The van der Waals surface area contributed by atoms with E-state index in [1.807, 2.05) is 30.3 Å². The van der Waals surface area contributed by atoms with Gasteiger partial charge >= 0.3 is 0 Å². The lowest BCUT2D eigenvalue weighted by molar-refractivity contribution is -0.116. The average Bonchev–Trinajstić information content (AvgIpc) is 3.05. The highest BCUT2D eigenvalue weighted by Gasteiger charge is 2.37. The Balaban J connectivity index is 1.54. The molecule has 1 aliphatic heterocycles. The summed E-state index contributed by atoms with van der Waals surface area (Å²) in [7, 11) is 0. The van der Waals surface area contributed by atoms with Crippen LogP contribution in [-0.2, 0) is 10.2 Å². The summed E-state index contributed by atoms with van der Waals surface area (Å²) in [5, 5.41) is 7.35. The number of hydrogen-bond acceptors (Lipinski definition) is 4. The highest BCUT2D eigenvalue weighted by Crippen LogP contribution is 2.46. The van der Waals surface area contributed by atoms with Gasteiger partial charge in [0.1, 0.15) is 5.75 Å². The third-order valence-electron chi connectivity index (χ3n) is 7.54. The molecule has 0 radical (unpaired) electrons. The number of ether oxygens (including phenoxy) is 1. The molecule has 0 spiro atoms. The fraction of sp³-hybridized carbons (Fsp3) is 0.364. The number of ketones is 1. The van der Waals surface area contributed by atoms with Gasteiger partial charge in [-0.2, -0.15) is 0 Å². The van der Waals surface area contributed by atoms with Crippen LogP contribution in [0.15, 0.2) is 84.1 Å². The number of nitrogens with one attached hydrogen (secondary N) is 2. The molecule has 2 unspecified atom stereocenters. The Morgan fingerprint density at radius 2 is 1.59 bits per heavy atom. The molecular formula is C33H38N2O2. The summed E-state index contributed by atoms with van der Waals surface area (Å²) in [6, 6.07) is 24.9. The topological polar surface area (TPSA) is 50.4 Å². The normalized spacial score (nSPS) is 19.3. The Morgan fingerprint density at radius 1 is 0.892 bits per heavy atom. The van der Waals surface area contributed by atoms with E-state index in [4.69, 9.17) is 4.74 Å². The maximum Gasteiger partial charge on any atom is 0.163 e. The SMILES string of the molecule is CCCCOc1ccccc1C1Nc2ccccc2NC2=C1C(=O)CC(c1ccc(C(C)(C)C)cc1)C2. The average molecular weight is 495 g/mol. The van der Waals surface area contributed by atoms with Gasteiger partial charge < -0.3 is 15.4 Å². The van der Waals surface area contributed by atoms with Crippen LogP contribution in [0.2, 0.25) is 0 Å². The number of fused-ring (bicyclic) bond motifs is 1. The van der Waals surface area contributed by atoms with E-state index in [2.05, 4.69) is 80.8 Å². The zero-order chi connectivity index (χ0) is 26.0. The van der Waals surface area contributed by atoms with Gasteiger partial charge in [-0.3, -0.25) is 4.79 Å². The van der Waals surface area contributed by atoms with E-state index < -0.39 is 0 Å². The van der Waals surface area contributed by atoms with E-state index in [9.17, 15) is 4.79 Å². The molecule has 0 fully saturated rings. The van der Waals surface area contributed by atoms with Crippen molar-refractivity contribution in [2.45, 2.75) is 70.8 Å². The summed E-state index contributed by atoms with van der Waals surface area (Å²) in [5.41, 5.74) is 7.46. The summed E-state index contributed by atoms with van der Waals surface area (Å²) < 4.78 is 6.21. The summed E-state index contributed by atoms with van der Waals surface area (Å²) in [6.07, 6.45) is 3.37. The molecule has 4 nitrogen and oxygen atoms in total. The number of hydrogen-bond donors (Lipinski definition) is 2. The molecule has 0 saturated carbocycles. The molecule has 0 amide bonds. The first-order chi connectivity index (χ1) is 17.8. The van der Waals surface area contributed by atoms with E-state index in [0.717, 1.165) is 53.2 Å². The Kier molecular flexibility index (Phi) is 7.10. The molecule has 4 heteroatoms. The number of Topliss-reactive ketones (excluding diaryl/α,β-unsaturated/α-hetero) is 1. The second-order valence-electron chi connectivity index (χ2n) is 11.3. The lowest BCUT2D eigenvalue weighted by atomic mass is 9.77. The maximum absolute atomic E-state index is 13.9. The Bertz CT molecular complexity index is 1300. The Hall–Kier alpha value is -3.53. The van der Waals surface area contributed by atoms with Crippen LogP contribution in [0.5, 0.6) is 5.75 Å². The van der Waals surface area contributed by atoms with Crippen LogP contribution in [0.4, 0.5) is 11.4 Å². The highest BCUT2D eigenvalue weighted by molar-refractivity contribution is 6.01. The van der Waals surface area contributed by atoms with Crippen LogP contribution in [0.3, 0.4) is 0 Å². The highest BCUT2D eigenvalue weighted by atomic mass is 16.5. The van der Waals surface area contributed by atoms with Gasteiger partial charge in [-0.15, -0.1) is 0 Å². The second kappa shape index (κ2) is 10.5. The minimum atomic E-state index is -0.277. The van der Waals surface area contributed by atoms with Crippen molar-refractivity contribution in [1.29, 1.82) is 0 Å². The minimum absolute atomic E-state index is 0.106. The van der Waals surface area contributed by atoms with Crippen molar-refractivity contribution in [3.8, 4) is 5.75 Å². The smallest absolute Gasteiger partial charge is 0.163 e. The lowest BCUT2D eigenvalue weighted by Gasteiger charge is -2.31. The molecule has 37 heavy (non-hydrogen) atoms. The summed E-state index contributed by atoms with van der Waals surface area (Å²) >= 11 is 0. The first kappa shape index (κ1) is 25.1. The number of benzene rings is 3. The van der Waals surface area contributed by atoms with Crippen molar-refractivity contribution < 1.29 is 9.53 Å². The van der Waals surface area contributed by atoms with Gasteiger partial charge in [-0.1, -0.05) is 88.7 Å². The second-order valence-corrected chi connectivity index (χ2v) is 11.3. The summed E-state index contributed by atoms with van der Waals surface area (Å²) in [5.74, 6) is 1.18. The van der Waals surface area contributed by atoms with Crippen LogP contribution in [-0.4, -0.2) is 12.4 Å². The van der Waals surface area contributed by atoms with Crippen LogP contribution >= 0.6 is 0 Å². The maximum atomic E-state index is 13.9. The van der Waals surface area contributed by atoms with Gasteiger partial charge in [0.2, 0.25) is 0 Å². The fourth-order valence-corrected chi connectivity index (χ4v) is 5.39. The van der Waals surface area contributed by atoms with Gasteiger partial charge in [0.05, 0.1) is 24.0 Å². The molecule has 2 atom stereocenters. The number of carbonyl (C=O) groups excluding carboxylic acids is 1. The predicted molar refractivity (Wildman–Crippen MR) is 152 cm³/mol. The molecule has 0 saturated heterocycles. The van der Waals surface area contributed by atoms with Crippen molar-refractivity contribution in [3.63, 3.8) is 0 Å². The molecule has 192 valence electrons. The Labute approximate surface area is 221 Å². The number of anilines is 2. The molecule has 0 bridgehead atoms. The summed E-state index contributed by atoms with van der Waals surface area (Å²) in [4.78, 5) is 13.9. The fourth-order valence-electron chi connectivity index (χ4n) is 5.39. The van der Waals surface area contributed by atoms with Crippen LogP contribution < -0.4 is 15.4 Å². The largest absolute Gasteiger partial charge is 0.493 e. The lowest BCUT2D eigenvalue weighted by Crippen LogP contribution is -2.27. The number of unbranched alkanes of at least 4 members (excludes halogenated alkanes) is 1. The zero-order valence-corrected chi connectivity index (χ0v) is 22.4. The molecule has 1 aliphatic carbocycles. The van der Waals surface area contributed by atoms with Gasteiger partial charge in [-0.05, 0) is 53.5 Å². The van der Waals surface area contributed by atoms with E-state index in [0.29, 0.717) is 13.0 Å². The van der Waals surface area contributed by atoms with Gasteiger partial charge in [0.15, 0.2) is 5.78 Å². The predicted octanol–water partition coefficient (Wildman–Crippen LogP) is 8.14. The minimum Gasteiger partial charge on any atom is -0.493 e. The number of carbonyl (C=O) groups is 1. The molecule has 2 N–H and O–H groups in total. The molecule has 1 heterocycles. The quantitative estimate of drug-likeness (QED) is 0.340. The van der Waals surface area contributed by atoms with Crippen molar-refractivity contribution in [2.75, 3.05) is 17.2 Å². The monoisotopic (exact) mass is 494 g/mol. The number of rotatable bonds is 6. The van der Waals surface area contributed by atoms with E-state index in [1.165, 1.54) is 11.1 Å². The van der Waals surface area contributed by atoms with Gasteiger partial charge in [-0.25, -0.2) is 0 Å². The number of allylic oxidation sites excluding steroid dienone is 1. The molecule has 2 aliphatic rings. The van der Waals surface area contributed by atoms with Crippen molar-refractivity contribution in [1.82, 2.24) is 0 Å². The molecule has 3 aromatic rings. The molecule has 5 rings (SSSR count). The van der Waals surface area contributed by atoms with E-state index in [1.54, 1.807) is 0 Å². The number of para-hydroxylation sites is 3. The first-order valence-corrected chi connectivity index (χ1v) is 13.6. The van der Waals surface area contributed by atoms with E-state index in [-0.39, 0.29) is 23.2 Å². The van der Waals surface area contributed by atoms with Crippen molar-refractivity contribution >= 4 is 17.2 Å². The van der Waals surface area contributed by atoms with Crippen molar-refractivity contribution in [2.24, 2.45) is 0 Å². The van der Waals surface area contributed by atoms with Gasteiger partial charge in [0.25, 0.3) is 0 Å². The van der Waals surface area contributed by atoms with Gasteiger partial charge in [0, 0.05) is 23.3 Å². The molecule has 0 aromatic heterocycles. The zero-order valence-electron chi connectivity index (χ0n) is 22.4. The van der Waals surface area contributed by atoms with Crippen LogP contribution in [0, 0.1) is 0 Å². The third-order valence-corrected chi connectivity index (χ3v) is 7.54. The van der Waals surface area contributed by atoms with Crippen LogP contribution in [0.1, 0.15) is 82.0 Å². The Morgan fingerprint density at radius 3 is 2.32 bits per heavy atom.